The van der Waals surface area contributed by atoms with E-state index < -0.39 is 0 Å². The van der Waals surface area contributed by atoms with Gasteiger partial charge in [-0.3, -0.25) is 4.79 Å². The van der Waals surface area contributed by atoms with Crippen molar-refractivity contribution in [2.75, 3.05) is 40.1 Å². The van der Waals surface area contributed by atoms with Crippen LogP contribution in [0.25, 0.3) is 0 Å². The summed E-state index contributed by atoms with van der Waals surface area (Å²) in [5.74, 6) is 0.336. The van der Waals surface area contributed by atoms with Crippen molar-refractivity contribution in [3.8, 4) is 0 Å². The molecular weight excluding hydrogens is 208 g/mol. The van der Waals surface area contributed by atoms with Crippen LogP contribution in [0.15, 0.2) is 0 Å². The second-order valence-electron chi connectivity index (χ2n) is 3.61. The smallest absolute Gasteiger partial charge is 0.132 e. The second-order valence-corrected chi connectivity index (χ2v) is 3.61. The van der Waals surface area contributed by atoms with Gasteiger partial charge in [-0.05, 0) is 12.8 Å². The van der Waals surface area contributed by atoms with Crippen LogP contribution in [-0.4, -0.2) is 45.9 Å². The lowest BCUT2D eigenvalue weighted by Gasteiger charge is -2.05. The highest BCUT2D eigenvalue weighted by molar-refractivity contribution is 5.78. The molecule has 0 saturated carbocycles. The van der Waals surface area contributed by atoms with Crippen LogP contribution < -0.4 is 0 Å². The minimum atomic E-state index is 0.336. The van der Waals surface area contributed by atoms with Crippen LogP contribution in [0.4, 0.5) is 0 Å². The first-order valence-electron chi connectivity index (χ1n) is 5.97. The molecule has 0 aliphatic heterocycles. The molecule has 0 aliphatic carbocycles. The third-order valence-electron chi connectivity index (χ3n) is 2.08. The molecule has 16 heavy (non-hydrogen) atoms. The summed E-state index contributed by atoms with van der Waals surface area (Å²) in [4.78, 5) is 11.2. The number of rotatable bonds is 12. The second kappa shape index (κ2) is 12.6. The third kappa shape index (κ3) is 11.6. The maximum absolute atomic E-state index is 11.2. The molecule has 0 fully saturated rings. The van der Waals surface area contributed by atoms with Gasteiger partial charge >= 0.3 is 0 Å². The van der Waals surface area contributed by atoms with Gasteiger partial charge in [0.1, 0.15) is 5.78 Å². The zero-order chi connectivity index (χ0) is 12.1. The predicted octanol–water partition coefficient (Wildman–Crippen LogP) is 1.82. The fourth-order valence-corrected chi connectivity index (χ4v) is 1.24. The standard InChI is InChI=1S/C12H24O4/c1-3-5-12(13)6-4-7-15-10-11-16-9-8-14-2/h3-11H2,1-2H3. The van der Waals surface area contributed by atoms with Crippen molar-refractivity contribution in [1.29, 1.82) is 0 Å². The molecule has 4 nitrogen and oxygen atoms in total. The highest BCUT2D eigenvalue weighted by Crippen LogP contribution is 1.98. The summed E-state index contributed by atoms with van der Waals surface area (Å²) in [6, 6.07) is 0. The molecule has 0 N–H and O–H groups in total. The van der Waals surface area contributed by atoms with Crippen molar-refractivity contribution in [2.45, 2.75) is 32.6 Å². The average Bonchev–Trinajstić information content (AvgIpc) is 2.27. The van der Waals surface area contributed by atoms with E-state index in [-0.39, 0.29) is 0 Å². The molecule has 0 rings (SSSR count). The van der Waals surface area contributed by atoms with Crippen molar-refractivity contribution < 1.29 is 19.0 Å². The van der Waals surface area contributed by atoms with E-state index in [9.17, 15) is 4.79 Å². The summed E-state index contributed by atoms with van der Waals surface area (Å²) >= 11 is 0. The number of ether oxygens (including phenoxy) is 3. The van der Waals surface area contributed by atoms with E-state index in [4.69, 9.17) is 14.2 Å². The highest BCUT2D eigenvalue weighted by Gasteiger charge is 1.99. The Kier molecular flexibility index (Phi) is 12.3. The molecule has 0 amide bonds. The molecule has 0 aromatic carbocycles. The Labute approximate surface area is 98.3 Å². The van der Waals surface area contributed by atoms with Crippen molar-refractivity contribution in [2.24, 2.45) is 0 Å². The molecule has 0 aromatic heterocycles. The lowest BCUT2D eigenvalue weighted by atomic mass is 10.1. The first-order valence-corrected chi connectivity index (χ1v) is 5.97. The monoisotopic (exact) mass is 232 g/mol. The van der Waals surface area contributed by atoms with Gasteiger partial charge in [-0.2, -0.15) is 0 Å². The normalized spacial score (nSPS) is 10.6. The molecule has 96 valence electrons. The number of carbonyl (C=O) groups is 1. The molecule has 0 unspecified atom stereocenters. The van der Waals surface area contributed by atoms with E-state index in [1.54, 1.807) is 7.11 Å². The van der Waals surface area contributed by atoms with Gasteiger partial charge in [-0.25, -0.2) is 0 Å². The Morgan fingerprint density at radius 1 is 0.938 bits per heavy atom. The first kappa shape index (κ1) is 15.6. The Morgan fingerprint density at radius 3 is 2.19 bits per heavy atom. The van der Waals surface area contributed by atoms with Crippen molar-refractivity contribution in [3.63, 3.8) is 0 Å². The van der Waals surface area contributed by atoms with Gasteiger partial charge in [0.05, 0.1) is 26.4 Å². The number of carbonyl (C=O) groups excluding carboxylic acids is 1. The lowest BCUT2D eigenvalue weighted by molar-refractivity contribution is -0.119. The largest absolute Gasteiger partial charge is 0.382 e. The molecule has 0 radical (unpaired) electrons. The zero-order valence-electron chi connectivity index (χ0n) is 10.5. The van der Waals surface area contributed by atoms with E-state index in [1.165, 1.54) is 0 Å². The summed E-state index contributed by atoms with van der Waals surface area (Å²) < 4.78 is 15.4. The van der Waals surface area contributed by atoms with E-state index in [0.717, 1.165) is 12.8 Å². The van der Waals surface area contributed by atoms with Crippen LogP contribution in [0.2, 0.25) is 0 Å². The van der Waals surface area contributed by atoms with E-state index in [1.807, 2.05) is 6.92 Å². The van der Waals surface area contributed by atoms with Gasteiger partial charge in [0.25, 0.3) is 0 Å². The van der Waals surface area contributed by atoms with Crippen molar-refractivity contribution >= 4 is 5.78 Å². The van der Waals surface area contributed by atoms with Crippen LogP contribution in [-0.2, 0) is 19.0 Å². The highest BCUT2D eigenvalue weighted by atomic mass is 16.5. The summed E-state index contributed by atoms with van der Waals surface area (Å²) in [5.41, 5.74) is 0. The van der Waals surface area contributed by atoms with Crippen LogP contribution in [0.1, 0.15) is 32.6 Å². The molecule has 0 atom stereocenters. The molecule has 0 aliphatic rings. The fourth-order valence-electron chi connectivity index (χ4n) is 1.24. The van der Waals surface area contributed by atoms with Crippen LogP contribution >= 0.6 is 0 Å². The number of methoxy groups -OCH3 is 1. The van der Waals surface area contributed by atoms with Gasteiger partial charge < -0.3 is 14.2 Å². The first-order chi connectivity index (χ1) is 7.81. The number of ketones is 1. The molecule has 0 spiro atoms. The van der Waals surface area contributed by atoms with E-state index >= 15 is 0 Å². The zero-order valence-corrected chi connectivity index (χ0v) is 10.5. The SMILES string of the molecule is CCCC(=O)CCCOCCOCCOC. The summed E-state index contributed by atoms with van der Waals surface area (Å²) in [7, 11) is 1.65. The van der Waals surface area contributed by atoms with Gasteiger partial charge in [0.2, 0.25) is 0 Å². The molecular formula is C12H24O4. The van der Waals surface area contributed by atoms with Crippen molar-refractivity contribution in [1.82, 2.24) is 0 Å². The van der Waals surface area contributed by atoms with Crippen LogP contribution in [0.5, 0.6) is 0 Å². The van der Waals surface area contributed by atoms with Gasteiger partial charge in [0, 0.05) is 26.6 Å². The van der Waals surface area contributed by atoms with E-state index in [2.05, 4.69) is 0 Å². The molecule has 0 heterocycles. The van der Waals surface area contributed by atoms with E-state index in [0.29, 0.717) is 51.7 Å². The fraction of sp³-hybridized carbons (Fsp3) is 0.917. The third-order valence-corrected chi connectivity index (χ3v) is 2.08. The number of Topliss-reactive ketones (excluding diaryl/α,β-unsaturated/α-hetero) is 1. The maximum Gasteiger partial charge on any atom is 0.132 e. The Balaban J connectivity index is 3.01. The predicted molar refractivity (Wildman–Crippen MR) is 62.7 cm³/mol. The molecule has 0 bridgehead atoms. The van der Waals surface area contributed by atoms with Gasteiger partial charge in [0.15, 0.2) is 0 Å². The van der Waals surface area contributed by atoms with Crippen LogP contribution in [0.3, 0.4) is 0 Å². The maximum atomic E-state index is 11.2. The minimum Gasteiger partial charge on any atom is -0.382 e. The number of hydrogen-bond acceptors (Lipinski definition) is 4. The van der Waals surface area contributed by atoms with Gasteiger partial charge in [-0.15, -0.1) is 0 Å². The Bertz CT molecular complexity index is 159. The summed E-state index contributed by atoms with van der Waals surface area (Å²) in [5, 5.41) is 0. The van der Waals surface area contributed by atoms with Crippen LogP contribution in [0, 0.1) is 0 Å². The average molecular weight is 232 g/mol. The minimum absolute atomic E-state index is 0.336. The summed E-state index contributed by atoms with van der Waals surface area (Å²) in [6.45, 7) is 5.06. The quantitative estimate of drug-likeness (QED) is 0.481. The van der Waals surface area contributed by atoms with Crippen molar-refractivity contribution in [3.05, 3.63) is 0 Å². The van der Waals surface area contributed by atoms with Gasteiger partial charge in [-0.1, -0.05) is 6.92 Å². The Morgan fingerprint density at radius 2 is 1.56 bits per heavy atom. The molecule has 0 aromatic rings. The Hall–Kier alpha value is -0.450. The number of hydrogen-bond donors (Lipinski definition) is 0. The lowest BCUT2D eigenvalue weighted by Crippen LogP contribution is -2.09. The molecule has 0 saturated heterocycles. The molecule has 4 heteroatoms. The topological polar surface area (TPSA) is 44.8 Å². The summed E-state index contributed by atoms with van der Waals surface area (Å²) in [6.07, 6.45) is 3.09.